The summed E-state index contributed by atoms with van der Waals surface area (Å²) in [5.74, 6) is -1.51. The van der Waals surface area contributed by atoms with Crippen molar-refractivity contribution >= 4 is 72.4 Å². The summed E-state index contributed by atoms with van der Waals surface area (Å²) in [5, 5.41) is 3.18. The maximum Gasteiger partial charge on any atom is 0.334 e. The molecule has 0 aliphatic carbocycles. The van der Waals surface area contributed by atoms with E-state index < -0.39 is 22.9 Å². The van der Waals surface area contributed by atoms with Crippen molar-refractivity contribution in [2.45, 2.75) is 13.0 Å². The first-order valence-corrected chi connectivity index (χ1v) is 9.67. The van der Waals surface area contributed by atoms with Crippen LogP contribution >= 0.6 is 0 Å². The molecule has 148 valence electrons. The number of rotatable bonds is 4. The number of H-pyrrole nitrogens is 1. The third-order valence-electron chi connectivity index (χ3n) is 5.90. The van der Waals surface area contributed by atoms with Crippen LogP contribution in [-0.4, -0.2) is 48.8 Å². The molecule has 0 aliphatic heterocycles. The zero-order chi connectivity index (χ0) is 22.3. The van der Waals surface area contributed by atoms with Crippen LogP contribution in [0.4, 0.5) is 14.6 Å². The zero-order valence-electron chi connectivity index (χ0n) is 17.9. The third kappa shape index (κ3) is 3.91. The van der Waals surface area contributed by atoms with Gasteiger partial charge in [-0.3, -0.25) is 9.78 Å². The van der Waals surface area contributed by atoms with Crippen molar-refractivity contribution in [1.82, 2.24) is 9.55 Å². The first-order chi connectivity index (χ1) is 14.0. The summed E-state index contributed by atoms with van der Waals surface area (Å²) in [6, 6.07) is 3.57. The van der Waals surface area contributed by atoms with E-state index in [1.165, 1.54) is 22.5 Å². The zero-order valence-corrected chi connectivity index (χ0v) is 17.9. The molecule has 5 nitrogen and oxygen atoms in total. The van der Waals surface area contributed by atoms with Crippen LogP contribution in [0.25, 0.3) is 5.69 Å². The van der Waals surface area contributed by atoms with Gasteiger partial charge in [-0.05, 0) is 24.6 Å². The topological polar surface area (TPSA) is 66.9 Å². The van der Waals surface area contributed by atoms with Crippen LogP contribution in [0, 0.1) is 11.6 Å². The van der Waals surface area contributed by atoms with Gasteiger partial charge in [0.15, 0.2) is 0 Å². The van der Waals surface area contributed by atoms with Gasteiger partial charge in [0.2, 0.25) is 0 Å². The van der Waals surface area contributed by atoms with Gasteiger partial charge in [-0.25, -0.2) is 18.1 Å². The summed E-state index contributed by atoms with van der Waals surface area (Å²) in [5.41, 5.74) is 5.43. The lowest BCUT2D eigenvalue weighted by Crippen LogP contribution is -2.57. The van der Waals surface area contributed by atoms with Crippen LogP contribution in [0.15, 0.2) is 33.9 Å². The minimum atomic E-state index is -0.872. The lowest BCUT2D eigenvalue weighted by Gasteiger charge is -2.25. The Morgan fingerprint density at radius 3 is 1.87 bits per heavy atom. The predicted octanol–water partition coefficient (Wildman–Crippen LogP) is -5.73. The smallest absolute Gasteiger partial charge is 0.334 e. The highest BCUT2D eigenvalue weighted by molar-refractivity contribution is 6.67. The Bertz CT molecular complexity index is 1200. The molecular formula is C18H20B5F2N3O2. The number of hydrogen-bond acceptors (Lipinski definition) is 3. The van der Waals surface area contributed by atoms with Gasteiger partial charge in [0.05, 0.1) is 5.69 Å². The Morgan fingerprint density at radius 1 is 0.867 bits per heavy atom. The van der Waals surface area contributed by atoms with E-state index in [-0.39, 0.29) is 17.5 Å². The minimum absolute atomic E-state index is 0.171. The molecule has 0 spiro atoms. The SMILES string of the molecule is Bc1c(B)c(B)c([C@H](C)Nc2cc(=O)n(-c3cc(F)cc(F)c3)c(=O)[nH]2)c(B)c1B. The summed E-state index contributed by atoms with van der Waals surface area (Å²) in [6.07, 6.45) is 0. The standard InChI is InChI=1S/C18H20B5F2N3O2/c1-6(12-13(19)15(21)17(23)16(22)14(12)20)26-10-5-11(29)28(18(30)27-10)9-3-7(24)2-8(25)4-9/h2-6,26H,19-23H2,1H3,(H,27,30)/t6-/m0/s1. The lowest BCUT2D eigenvalue weighted by molar-refractivity contribution is 0.580. The number of hydrogen-bond donors (Lipinski definition) is 2. The van der Waals surface area contributed by atoms with Gasteiger partial charge in [0.1, 0.15) is 56.7 Å². The van der Waals surface area contributed by atoms with E-state index in [0.29, 0.717) is 10.6 Å². The van der Waals surface area contributed by atoms with E-state index >= 15 is 0 Å². The molecule has 0 fully saturated rings. The quantitative estimate of drug-likeness (QED) is 0.428. The predicted molar refractivity (Wildman–Crippen MR) is 132 cm³/mol. The summed E-state index contributed by atoms with van der Waals surface area (Å²) >= 11 is 0. The maximum atomic E-state index is 13.5. The second kappa shape index (κ2) is 8.09. The molecule has 0 bridgehead atoms. The monoisotopic (exact) mass is 403 g/mol. The molecule has 3 rings (SSSR count). The minimum Gasteiger partial charge on any atom is -0.365 e. The maximum absolute atomic E-state index is 13.5. The Hall–Kier alpha value is -2.90. The van der Waals surface area contributed by atoms with Gasteiger partial charge in [-0.1, -0.05) is 10.9 Å². The lowest BCUT2D eigenvalue weighted by atomic mass is 9.59. The Balaban J connectivity index is 2.02. The van der Waals surface area contributed by atoms with E-state index in [1.807, 2.05) is 6.92 Å². The van der Waals surface area contributed by atoms with Gasteiger partial charge in [-0.2, -0.15) is 0 Å². The molecule has 0 saturated heterocycles. The second-order valence-corrected chi connectivity index (χ2v) is 7.69. The fraction of sp³-hybridized carbons (Fsp3) is 0.111. The summed E-state index contributed by atoms with van der Waals surface area (Å²) in [4.78, 5) is 27.6. The van der Waals surface area contributed by atoms with E-state index in [9.17, 15) is 18.4 Å². The molecule has 0 unspecified atom stereocenters. The van der Waals surface area contributed by atoms with Crippen molar-refractivity contribution in [3.05, 3.63) is 62.3 Å². The number of benzene rings is 2. The summed E-state index contributed by atoms with van der Waals surface area (Å²) in [7, 11) is 10.4. The molecule has 2 aromatic carbocycles. The van der Waals surface area contributed by atoms with Crippen molar-refractivity contribution in [2.75, 3.05) is 5.32 Å². The second-order valence-electron chi connectivity index (χ2n) is 7.69. The molecule has 30 heavy (non-hydrogen) atoms. The van der Waals surface area contributed by atoms with Crippen LogP contribution < -0.4 is 43.9 Å². The van der Waals surface area contributed by atoms with Gasteiger partial charge in [-0.15, -0.1) is 16.4 Å². The van der Waals surface area contributed by atoms with Gasteiger partial charge >= 0.3 is 5.69 Å². The average Bonchev–Trinajstić information content (AvgIpc) is 2.63. The van der Waals surface area contributed by atoms with E-state index in [1.54, 1.807) is 0 Å². The number of aromatic amines is 1. The Kier molecular flexibility index (Phi) is 5.88. The van der Waals surface area contributed by atoms with Crippen molar-refractivity contribution in [2.24, 2.45) is 0 Å². The van der Waals surface area contributed by atoms with Gasteiger partial charge < -0.3 is 5.32 Å². The highest BCUT2D eigenvalue weighted by Crippen LogP contribution is 2.13. The fourth-order valence-corrected chi connectivity index (χ4v) is 3.97. The number of anilines is 1. The van der Waals surface area contributed by atoms with Gasteiger partial charge in [0, 0.05) is 18.2 Å². The van der Waals surface area contributed by atoms with Crippen molar-refractivity contribution < 1.29 is 8.78 Å². The molecular weight excluding hydrogens is 382 g/mol. The van der Waals surface area contributed by atoms with E-state index in [4.69, 9.17) is 0 Å². The van der Waals surface area contributed by atoms with Crippen LogP contribution in [-0.2, 0) is 0 Å². The van der Waals surface area contributed by atoms with Crippen LogP contribution in [0.5, 0.6) is 0 Å². The summed E-state index contributed by atoms with van der Waals surface area (Å²) in [6.45, 7) is 1.95. The van der Waals surface area contributed by atoms with Gasteiger partial charge in [0.25, 0.3) is 5.56 Å². The molecule has 0 radical (unpaired) electrons. The molecule has 12 heteroatoms. The van der Waals surface area contributed by atoms with Crippen LogP contribution in [0.1, 0.15) is 18.5 Å². The molecule has 0 saturated carbocycles. The normalized spacial score (nSPS) is 12.0. The Labute approximate surface area is 177 Å². The fourth-order valence-electron chi connectivity index (χ4n) is 3.97. The number of nitrogens with zero attached hydrogens (tertiary/aromatic N) is 1. The highest BCUT2D eigenvalue weighted by atomic mass is 19.1. The van der Waals surface area contributed by atoms with Crippen LogP contribution in [0.2, 0.25) is 0 Å². The van der Waals surface area contributed by atoms with Crippen LogP contribution in [0.3, 0.4) is 0 Å². The first kappa shape index (κ1) is 21.8. The molecule has 0 aliphatic rings. The van der Waals surface area contributed by atoms with Crippen molar-refractivity contribution in [1.29, 1.82) is 0 Å². The molecule has 1 aromatic heterocycles. The molecule has 1 atom stereocenters. The highest BCUT2D eigenvalue weighted by Gasteiger charge is 2.17. The molecule has 3 aromatic rings. The average molecular weight is 402 g/mol. The van der Waals surface area contributed by atoms with E-state index in [2.05, 4.69) is 49.5 Å². The van der Waals surface area contributed by atoms with E-state index in [0.717, 1.165) is 28.6 Å². The third-order valence-corrected chi connectivity index (χ3v) is 5.90. The summed E-state index contributed by atoms with van der Waals surface area (Å²) < 4.78 is 27.7. The van der Waals surface area contributed by atoms with Crippen molar-refractivity contribution in [3.63, 3.8) is 0 Å². The largest absolute Gasteiger partial charge is 0.365 e. The molecule has 2 N–H and O–H groups in total. The number of nitrogens with one attached hydrogen (secondary N) is 2. The number of halogens is 2. The first-order valence-electron chi connectivity index (χ1n) is 9.67. The Morgan fingerprint density at radius 2 is 1.37 bits per heavy atom. The molecule has 1 heterocycles. The molecule has 0 amide bonds. The van der Waals surface area contributed by atoms with Crippen molar-refractivity contribution in [3.8, 4) is 5.69 Å². The number of aromatic nitrogens is 2.